The van der Waals surface area contributed by atoms with Crippen LogP contribution in [-0.2, 0) is 11.3 Å². The number of rotatable bonds is 5. The number of nitrogens with one attached hydrogen (secondary N) is 2. The summed E-state index contributed by atoms with van der Waals surface area (Å²) >= 11 is 5.30. The minimum absolute atomic E-state index is 0.0632. The van der Waals surface area contributed by atoms with E-state index in [-0.39, 0.29) is 18.1 Å². The molecule has 1 fully saturated rings. The number of H-pyrrole nitrogens is 1. The Morgan fingerprint density at radius 1 is 1.21 bits per heavy atom. The van der Waals surface area contributed by atoms with Gasteiger partial charge in [-0.3, -0.25) is 14.5 Å². The Morgan fingerprint density at radius 2 is 1.93 bits per heavy atom. The lowest BCUT2D eigenvalue weighted by Crippen LogP contribution is -2.24. The Kier molecular flexibility index (Phi) is 5.44. The third kappa shape index (κ3) is 4.07. The van der Waals surface area contributed by atoms with Crippen LogP contribution in [0.1, 0.15) is 18.4 Å². The molecule has 1 aliphatic heterocycles. The lowest BCUT2D eigenvalue weighted by atomic mass is 10.1. The van der Waals surface area contributed by atoms with Gasteiger partial charge in [0.1, 0.15) is 18.0 Å². The minimum Gasteiger partial charge on any atom is -0.370 e. The quantitative estimate of drug-likeness (QED) is 0.615. The standard InChI is InChI=1S/C21H22FN5OS/c1-14-7-9-15(10-8-14)20-24-25-21(29)27(20)13-18(28)23-19-16(22)5-4-6-17(19)26-11-2-3-12-26/h4-10H,2-3,11-13H2,1H3,(H,23,28)(H,25,29). The fourth-order valence-corrected chi connectivity index (χ4v) is 3.76. The van der Waals surface area contributed by atoms with Crippen molar-refractivity contribution in [1.29, 1.82) is 0 Å². The number of anilines is 2. The number of benzene rings is 2. The van der Waals surface area contributed by atoms with Crippen molar-refractivity contribution in [3.63, 3.8) is 0 Å². The molecule has 2 aromatic carbocycles. The maximum Gasteiger partial charge on any atom is 0.244 e. The van der Waals surface area contributed by atoms with Gasteiger partial charge >= 0.3 is 0 Å². The molecule has 1 saturated heterocycles. The van der Waals surface area contributed by atoms with Crippen molar-refractivity contribution >= 4 is 29.5 Å². The van der Waals surface area contributed by atoms with E-state index in [4.69, 9.17) is 12.2 Å². The molecule has 6 nitrogen and oxygen atoms in total. The first-order valence-corrected chi connectivity index (χ1v) is 9.99. The number of para-hydroxylation sites is 1. The summed E-state index contributed by atoms with van der Waals surface area (Å²) in [6.45, 7) is 3.65. The average molecular weight is 412 g/mol. The topological polar surface area (TPSA) is 66.0 Å². The highest BCUT2D eigenvalue weighted by Gasteiger charge is 2.20. The van der Waals surface area contributed by atoms with E-state index in [0.29, 0.717) is 16.3 Å². The van der Waals surface area contributed by atoms with Crippen LogP contribution in [-0.4, -0.2) is 33.8 Å². The summed E-state index contributed by atoms with van der Waals surface area (Å²) in [4.78, 5) is 14.9. The van der Waals surface area contributed by atoms with E-state index in [1.807, 2.05) is 37.3 Å². The zero-order valence-electron chi connectivity index (χ0n) is 16.1. The van der Waals surface area contributed by atoms with Gasteiger partial charge in [0.25, 0.3) is 0 Å². The maximum absolute atomic E-state index is 14.5. The number of hydrogen-bond donors (Lipinski definition) is 2. The summed E-state index contributed by atoms with van der Waals surface area (Å²) in [6.07, 6.45) is 2.13. The van der Waals surface area contributed by atoms with Gasteiger partial charge in [0.2, 0.25) is 5.91 Å². The van der Waals surface area contributed by atoms with E-state index in [0.717, 1.165) is 37.1 Å². The van der Waals surface area contributed by atoms with Gasteiger partial charge in [-0.1, -0.05) is 35.9 Å². The Hall–Kier alpha value is -3.00. The van der Waals surface area contributed by atoms with Crippen molar-refractivity contribution in [2.24, 2.45) is 0 Å². The SMILES string of the molecule is Cc1ccc(-c2n[nH]c(=S)n2CC(=O)Nc2c(F)cccc2N2CCCC2)cc1. The summed E-state index contributed by atoms with van der Waals surface area (Å²) in [7, 11) is 0. The fraction of sp³-hybridized carbons (Fsp3) is 0.286. The highest BCUT2D eigenvalue weighted by molar-refractivity contribution is 7.71. The molecule has 29 heavy (non-hydrogen) atoms. The first-order valence-electron chi connectivity index (χ1n) is 9.58. The first-order chi connectivity index (χ1) is 14.0. The molecular weight excluding hydrogens is 389 g/mol. The molecule has 8 heteroatoms. The van der Waals surface area contributed by atoms with E-state index in [1.54, 1.807) is 10.6 Å². The van der Waals surface area contributed by atoms with Gasteiger partial charge in [-0.2, -0.15) is 5.10 Å². The van der Waals surface area contributed by atoms with Crippen molar-refractivity contribution in [3.8, 4) is 11.4 Å². The van der Waals surface area contributed by atoms with Gasteiger partial charge in [-0.15, -0.1) is 0 Å². The van der Waals surface area contributed by atoms with Crippen LogP contribution in [0.15, 0.2) is 42.5 Å². The molecular formula is C21H22FN5OS. The molecule has 4 rings (SSSR count). The summed E-state index contributed by atoms with van der Waals surface area (Å²) < 4.78 is 16.5. The summed E-state index contributed by atoms with van der Waals surface area (Å²) in [6, 6.07) is 12.7. The number of carbonyl (C=O) groups excluding carboxylic acids is 1. The minimum atomic E-state index is -0.447. The van der Waals surface area contributed by atoms with Gasteiger partial charge < -0.3 is 10.2 Å². The van der Waals surface area contributed by atoms with E-state index >= 15 is 0 Å². The van der Waals surface area contributed by atoms with Crippen LogP contribution in [0.25, 0.3) is 11.4 Å². The molecule has 0 radical (unpaired) electrons. The van der Waals surface area contributed by atoms with Crippen LogP contribution in [0.3, 0.4) is 0 Å². The van der Waals surface area contributed by atoms with Gasteiger partial charge in [-0.05, 0) is 44.1 Å². The molecule has 0 aliphatic carbocycles. The highest BCUT2D eigenvalue weighted by Crippen LogP contribution is 2.31. The molecule has 1 amide bonds. The van der Waals surface area contributed by atoms with Crippen molar-refractivity contribution in [2.45, 2.75) is 26.3 Å². The number of carbonyl (C=O) groups is 1. The van der Waals surface area contributed by atoms with Crippen LogP contribution >= 0.6 is 12.2 Å². The summed E-state index contributed by atoms with van der Waals surface area (Å²) in [5, 5.41) is 9.74. The van der Waals surface area contributed by atoms with E-state index in [9.17, 15) is 9.18 Å². The van der Waals surface area contributed by atoms with Crippen molar-refractivity contribution < 1.29 is 9.18 Å². The molecule has 2 heterocycles. The number of aryl methyl sites for hydroxylation is 1. The number of hydrogen-bond acceptors (Lipinski definition) is 4. The third-order valence-electron chi connectivity index (χ3n) is 5.07. The fourth-order valence-electron chi connectivity index (χ4n) is 3.57. The van der Waals surface area contributed by atoms with Crippen molar-refractivity contribution in [2.75, 3.05) is 23.3 Å². The predicted octanol–water partition coefficient (Wildman–Crippen LogP) is 4.29. The lowest BCUT2D eigenvalue weighted by molar-refractivity contribution is -0.116. The van der Waals surface area contributed by atoms with Crippen molar-refractivity contribution in [3.05, 3.63) is 58.6 Å². The normalized spacial score (nSPS) is 13.7. The van der Waals surface area contributed by atoms with Gasteiger partial charge in [0.15, 0.2) is 10.6 Å². The maximum atomic E-state index is 14.5. The molecule has 1 aliphatic rings. The zero-order valence-corrected chi connectivity index (χ0v) is 16.9. The number of aromatic amines is 1. The van der Waals surface area contributed by atoms with E-state index in [1.165, 1.54) is 6.07 Å². The third-order valence-corrected chi connectivity index (χ3v) is 5.38. The van der Waals surface area contributed by atoms with Gasteiger partial charge in [0, 0.05) is 18.7 Å². The summed E-state index contributed by atoms with van der Waals surface area (Å²) in [5.74, 6) is -0.239. The van der Waals surface area contributed by atoms with E-state index < -0.39 is 5.82 Å². The molecule has 1 aromatic heterocycles. The van der Waals surface area contributed by atoms with Crippen LogP contribution in [0.5, 0.6) is 0 Å². The molecule has 3 aromatic rings. The zero-order chi connectivity index (χ0) is 20.4. The van der Waals surface area contributed by atoms with Crippen LogP contribution < -0.4 is 10.2 Å². The van der Waals surface area contributed by atoms with Crippen molar-refractivity contribution in [1.82, 2.24) is 14.8 Å². The Balaban J connectivity index is 1.58. The largest absolute Gasteiger partial charge is 0.370 e. The van der Waals surface area contributed by atoms with Gasteiger partial charge in [0.05, 0.1) is 5.69 Å². The predicted molar refractivity (Wildman–Crippen MR) is 114 cm³/mol. The number of aromatic nitrogens is 3. The average Bonchev–Trinajstić information content (AvgIpc) is 3.35. The monoisotopic (exact) mass is 411 g/mol. The van der Waals surface area contributed by atoms with E-state index in [2.05, 4.69) is 20.4 Å². The number of amides is 1. The molecule has 0 bridgehead atoms. The van der Waals surface area contributed by atoms with Crippen LogP contribution in [0, 0.1) is 17.5 Å². The molecule has 0 unspecified atom stereocenters. The molecule has 2 N–H and O–H groups in total. The Labute approximate surface area is 173 Å². The second-order valence-electron chi connectivity index (χ2n) is 7.18. The Bertz CT molecular complexity index is 1080. The van der Waals surface area contributed by atoms with Crippen LogP contribution in [0.4, 0.5) is 15.8 Å². The number of nitrogens with zero attached hydrogens (tertiary/aromatic N) is 3. The Morgan fingerprint density at radius 3 is 2.66 bits per heavy atom. The molecule has 0 saturated carbocycles. The second kappa shape index (κ2) is 8.16. The molecule has 150 valence electrons. The first kappa shape index (κ1) is 19.3. The molecule has 0 atom stereocenters. The molecule has 0 spiro atoms. The van der Waals surface area contributed by atoms with Gasteiger partial charge in [-0.25, -0.2) is 4.39 Å². The van der Waals surface area contributed by atoms with Crippen LogP contribution in [0.2, 0.25) is 0 Å². The highest BCUT2D eigenvalue weighted by atomic mass is 32.1. The number of halogens is 1. The summed E-state index contributed by atoms with van der Waals surface area (Å²) in [5.41, 5.74) is 2.90. The smallest absolute Gasteiger partial charge is 0.244 e. The lowest BCUT2D eigenvalue weighted by Gasteiger charge is -2.22. The second-order valence-corrected chi connectivity index (χ2v) is 7.57.